The van der Waals surface area contributed by atoms with E-state index in [-0.39, 0.29) is 0 Å². The molecule has 86 valence electrons. The topological polar surface area (TPSA) is 33.6 Å². The second kappa shape index (κ2) is 4.09. The van der Waals surface area contributed by atoms with Crippen molar-refractivity contribution in [3.63, 3.8) is 0 Å². The molecule has 0 fully saturated rings. The second-order valence-corrected chi connectivity index (χ2v) is 5.12. The summed E-state index contributed by atoms with van der Waals surface area (Å²) in [7, 11) is 0. The van der Waals surface area contributed by atoms with Crippen LogP contribution in [0.3, 0.4) is 0 Å². The molecule has 0 amide bonds. The number of fused-ring (bicyclic) bond motifs is 1. The van der Waals surface area contributed by atoms with Gasteiger partial charge in [0.2, 0.25) is 0 Å². The van der Waals surface area contributed by atoms with Gasteiger partial charge in [-0.1, -0.05) is 0 Å². The fraction of sp³-hybridized carbons (Fsp3) is 0.167. The first-order valence-corrected chi connectivity index (χ1v) is 6.65. The monoisotopic (exact) mass is 261 g/mol. The Morgan fingerprint density at radius 2 is 2.35 bits per heavy atom. The van der Waals surface area contributed by atoms with Gasteiger partial charge in [0.25, 0.3) is 0 Å². The number of H-pyrrole nitrogens is 1. The molecule has 0 aliphatic carbocycles. The van der Waals surface area contributed by atoms with Crippen LogP contribution in [-0.2, 0) is 6.54 Å². The Balaban J connectivity index is 2.15. The number of hydrogen-bond donors (Lipinski definition) is 1. The van der Waals surface area contributed by atoms with E-state index in [0.29, 0.717) is 0 Å². The van der Waals surface area contributed by atoms with Gasteiger partial charge >= 0.3 is 0 Å². The number of rotatable bonds is 2. The summed E-state index contributed by atoms with van der Waals surface area (Å²) in [6, 6.07) is 1.99. The Kier molecular flexibility index (Phi) is 2.57. The molecule has 3 aromatic rings. The molecular formula is C12H11N3S2. The smallest absolute Gasteiger partial charge is 0.178 e. The fourth-order valence-electron chi connectivity index (χ4n) is 1.89. The van der Waals surface area contributed by atoms with Crippen LogP contribution in [0.15, 0.2) is 29.2 Å². The molecule has 0 radical (unpaired) electrons. The molecule has 0 atom stereocenters. The number of aromatic amines is 1. The van der Waals surface area contributed by atoms with Crippen LogP contribution >= 0.6 is 23.6 Å². The van der Waals surface area contributed by atoms with Crippen LogP contribution in [0.5, 0.6) is 0 Å². The minimum Gasteiger partial charge on any atom is -0.329 e. The first-order chi connectivity index (χ1) is 8.25. The summed E-state index contributed by atoms with van der Waals surface area (Å²) < 4.78 is 2.86. The second-order valence-electron chi connectivity index (χ2n) is 3.99. The van der Waals surface area contributed by atoms with Crippen LogP contribution in [0.2, 0.25) is 0 Å². The third kappa shape index (κ3) is 1.81. The lowest BCUT2D eigenvalue weighted by Crippen LogP contribution is -1.99. The van der Waals surface area contributed by atoms with Crippen molar-refractivity contribution in [1.82, 2.24) is 14.5 Å². The average molecular weight is 261 g/mol. The van der Waals surface area contributed by atoms with Crippen molar-refractivity contribution in [3.8, 4) is 0 Å². The molecule has 0 saturated carbocycles. The highest BCUT2D eigenvalue weighted by atomic mass is 32.1. The molecule has 3 aromatic heterocycles. The highest BCUT2D eigenvalue weighted by Crippen LogP contribution is 2.19. The number of nitrogens with zero attached hydrogens (tertiary/aromatic N) is 2. The van der Waals surface area contributed by atoms with Gasteiger partial charge < -0.3 is 9.55 Å². The van der Waals surface area contributed by atoms with E-state index in [1.165, 1.54) is 11.1 Å². The summed E-state index contributed by atoms with van der Waals surface area (Å²) in [6.07, 6.45) is 3.60. The van der Waals surface area contributed by atoms with E-state index in [1.54, 1.807) is 17.5 Å². The molecule has 0 bridgehead atoms. The van der Waals surface area contributed by atoms with Gasteiger partial charge in [-0.05, 0) is 47.1 Å². The maximum Gasteiger partial charge on any atom is 0.178 e. The third-order valence-electron chi connectivity index (χ3n) is 2.87. The van der Waals surface area contributed by atoms with Gasteiger partial charge in [0.05, 0.1) is 23.8 Å². The summed E-state index contributed by atoms with van der Waals surface area (Å²) in [4.78, 5) is 7.27. The molecular weight excluding hydrogens is 250 g/mol. The zero-order chi connectivity index (χ0) is 11.8. The van der Waals surface area contributed by atoms with Crippen LogP contribution in [0.1, 0.15) is 11.1 Å². The first-order valence-electron chi connectivity index (χ1n) is 5.30. The van der Waals surface area contributed by atoms with Gasteiger partial charge in [-0.2, -0.15) is 11.3 Å². The van der Waals surface area contributed by atoms with E-state index in [1.807, 2.05) is 12.3 Å². The standard InChI is InChI=1S/C12H11N3S2/c1-8-6-17-7-9(8)5-15-11-2-3-13-4-10(11)14-12(15)16/h2-4,6-7H,5H2,1H3,(H,14,16). The largest absolute Gasteiger partial charge is 0.329 e. The molecule has 5 heteroatoms. The van der Waals surface area contributed by atoms with Crippen molar-refractivity contribution in [2.24, 2.45) is 0 Å². The number of hydrogen-bond acceptors (Lipinski definition) is 3. The minimum absolute atomic E-state index is 0.749. The van der Waals surface area contributed by atoms with Crippen LogP contribution in [0.4, 0.5) is 0 Å². The van der Waals surface area contributed by atoms with Crippen LogP contribution in [0.25, 0.3) is 11.0 Å². The van der Waals surface area contributed by atoms with Crippen molar-refractivity contribution >= 4 is 34.6 Å². The van der Waals surface area contributed by atoms with Crippen LogP contribution < -0.4 is 0 Å². The van der Waals surface area contributed by atoms with Crippen molar-refractivity contribution in [2.45, 2.75) is 13.5 Å². The number of nitrogens with one attached hydrogen (secondary N) is 1. The lowest BCUT2D eigenvalue weighted by Gasteiger charge is -2.03. The Hall–Kier alpha value is -1.46. The molecule has 0 aromatic carbocycles. The summed E-state index contributed by atoms with van der Waals surface area (Å²) in [5, 5.41) is 4.34. The average Bonchev–Trinajstić information content (AvgIpc) is 2.85. The van der Waals surface area contributed by atoms with E-state index in [2.05, 4.69) is 32.2 Å². The number of aromatic nitrogens is 3. The highest BCUT2D eigenvalue weighted by Gasteiger charge is 2.06. The molecule has 1 N–H and O–H groups in total. The normalized spacial score (nSPS) is 11.1. The van der Waals surface area contributed by atoms with E-state index in [9.17, 15) is 0 Å². The van der Waals surface area contributed by atoms with E-state index in [0.717, 1.165) is 22.3 Å². The molecule has 0 unspecified atom stereocenters. The molecule has 0 spiro atoms. The van der Waals surface area contributed by atoms with Gasteiger partial charge in [0.15, 0.2) is 4.77 Å². The van der Waals surface area contributed by atoms with E-state index < -0.39 is 0 Å². The predicted octanol–water partition coefficient (Wildman–Crippen LogP) is 3.51. The van der Waals surface area contributed by atoms with Gasteiger partial charge in [-0.3, -0.25) is 4.98 Å². The molecule has 0 aliphatic heterocycles. The Labute approximate surface area is 108 Å². The Bertz CT molecular complexity index is 721. The van der Waals surface area contributed by atoms with Gasteiger partial charge in [-0.15, -0.1) is 0 Å². The molecule has 0 aliphatic rings. The highest BCUT2D eigenvalue weighted by molar-refractivity contribution is 7.71. The zero-order valence-electron chi connectivity index (χ0n) is 9.30. The lowest BCUT2D eigenvalue weighted by atomic mass is 10.2. The molecule has 3 rings (SSSR count). The third-order valence-corrected chi connectivity index (χ3v) is 4.10. The predicted molar refractivity (Wildman–Crippen MR) is 73.1 cm³/mol. The van der Waals surface area contributed by atoms with Crippen LogP contribution in [-0.4, -0.2) is 14.5 Å². The number of pyridine rings is 1. The number of imidazole rings is 1. The quantitative estimate of drug-likeness (QED) is 0.716. The Morgan fingerprint density at radius 1 is 1.47 bits per heavy atom. The van der Waals surface area contributed by atoms with Crippen molar-refractivity contribution in [2.75, 3.05) is 0 Å². The van der Waals surface area contributed by atoms with Gasteiger partial charge in [0.1, 0.15) is 0 Å². The van der Waals surface area contributed by atoms with E-state index in [4.69, 9.17) is 12.2 Å². The maximum absolute atomic E-state index is 5.35. The summed E-state index contributed by atoms with van der Waals surface area (Å²) in [5.74, 6) is 0. The van der Waals surface area contributed by atoms with Crippen molar-refractivity contribution in [3.05, 3.63) is 45.1 Å². The molecule has 3 nitrogen and oxygen atoms in total. The molecule has 17 heavy (non-hydrogen) atoms. The fourth-order valence-corrected chi connectivity index (χ4v) is 3.01. The summed E-state index contributed by atoms with van der Waals surface area (Å²) in [6.45, 7) is 2.95. The molecule has 0 saturated heterocycles. The number of aryl methyl sites for hydroxylation is 1. The van der Waals surface area contributed by atoms with Crippen molar-refractivity contribution < 1.29 is 0 Å². The zero-order valence-corrected chi connectivity index (χ0v) is 10.9. The van der Waals surface area contributed by atoms with E-state index >= 15 is 0 Å². The van der Waals surface area contributed by atoms with Gasteiger partial charge in [-0.25, -0.2) is 0 Å². The van der Waals surface area contributed by atoms with Gasteiger partial charge in [0, 0.05) is 6.20 Å². The summed E-state index contributed by atoms with van der Waals surface area (Å²) >= 11 is 7.08. The summed E-state index contributed by atoms with van der Waals surface area (Å²) in [5.41, 5.74) is 4.74. The first kappa shape index (κ1) is 10.7. The van der Waals surface area contributed by atoms with Crippen molar-refractivity contribution in [1.29, 1.82) is 0 Å². The van der Waals surface area contributed by atoms with Crippen LogP contribution in [0, 0.1) is 11.7 Å². The minimum atomic E-state index is 0.749. The lowest BCUT2D eigenvalue weighted by molar-refractivity contribution is 0.808. The number of thiophene rings is 1. The maximum atomic E-state index is 5.35. The Morgan fingerprint density at radius 3 is 3.12 bits per heavy atom. The SMILES string of the molecule is Cc1cscc1Cn1c(=S)[nH]c2cnccc21. The molecule has 3 heterocycles.